The Balaban J connectivity index is 2.57. The van der Waals surface area contributed by atoms with Crippen LogP contribution in [0.1, 0.15) is 23.8 Å². The Morgan fingerprint density at radius 2 is 2.40 bits per heavy atom. The van der Waals surface area contributed by atoms with E-state index in [-0.39, 0.29) is 18.6 Å². The number of amides is 1. The number of halogens is 1. The molecule has 5 heteroatoms. The van der Waals surface area contributed by atoms with Crippen molar-refractivity contribution in [3.63, 3.8) is 0 Å². The van der Waals surface area contributed by atoms with E-state index in [4.69, 9.17) is 5.11 Å². The second kappa shape index (κ2) is 5.82. The van der Waals surface area contributed by atoms with Crippen molar-refractivity contribution in [1.29, 1.82) is 0 Å². The minimum atomic E-state index is -0.219. The van der Waals surface area contributed by atoms with Gasteiger partial charge in [0.15, 0.2) is 0 Å². The lowest BCUT2D eigenvalue weighted by Gasteiger charge is -2.11. The van der Waals surface area contributed by atoms with Crippen LogP contribution in [0, 0.1) is 0 Å². The molecule has 0 aliphatic rings. The van der Waals surface area contributed by atoms with Gasteiger partial charge in [0.1, 0.15) is 5.69 Å². The summed E-state index contributed by atoms with van der Waals surface area (Å²) in [6, 6.07) is 3.36. The largest absolute Gasteiger partial charge is 0.396 e. The minimum Gasteiger partial charge on any atom is -0.396 e. The van der Waals surface area contributed by atoms with Crippen LogP contribution >= 0.6 is 15.9 Å². The lowest BCUT2D eigenvalue weighted by molar-refractivity contribution is 0.0929. The van der Waals surface area contributed by atoms with Gasteiger partial charge in [0, 0.05) is 23.3 Å². The van der Waals surface area contributed by atoms with Gasteiger partial charge in [0.05, 0.1) is 0 Å². The zero-order valence-corrected chi connectivity index (χ0v) is 9.99. The van der Waals surface area contributed by atoms with Gasteiger partial charge in [0.2, 0.25) is 0 Å². The van der Waals surface area contributed by atoms with Gasteiger partial charge in [0.25, 0.3) is 5.91 Å². The smallest absolute Gasteiger partial charge is 0.270 e. The van der Waals surface area contributed by atoms with Crippen molar-refractivity contribution in [1.82, 2.24) is 10.3 Å². The third-order valence-electron chi connectivity index (χ3n) is 1.90. The quantitative estimate of drug-likeness (QED) is 0.870. The first kappa shape index (κ1) is 12.1. The Morgan fingerprint density at radius 3 is 2.93 bits per heavy atom. The van der Waals surface area contributed by atoms with E-state index in [1.54, 1.807) is 18.3 Å². The van der Waals surface area contributed by atoms with Crippen molar-refractivity contribution in [3.05, 3.63) is 28.5 Å². The zero-order chi connectivity index (χ0) is 11.3. The van der Waals surface area contributed by atoms with Crippen LogP contribution in [0.3, 0.4) is 0 Å². The number of nitrogens with one attached hydrogen (secondary N) is 1. The van der Waals surface area contributed by atoms with Crippen molar-refractivity contribution in [2.24, 2.45) is 0 Å². The number of hydrogen-bond donors (Lipinski definition) is 2. The topological polar surface area (TPSA) is 62.2 Å². The molecule has 0 aliphatic heterocycles. The number of aromatic nitrogens is 1. The van der Waals surface area contributed by atoms with Crippen LogP contribution in [0.15, 0.2) is 22.8 Å². The maximum Gasteiger partial charge on any atom is 0.270 e. The maximum absolute atomic E-state index is 11.6. The second-order valence-electron chi connectivity index (χ2n) is 3.25. The Hall–Kier alpha value is -0.940. The average molecular weight is 273 g/mol. The predicted octanol–water partition coefficient (Wildman–Crippen LogP) is 1.34. The van der Waals surface area contributed by atoms with Crippen LogP contribution in [0.2, 0.25) is 0 Å². The van der Waals surface area contributed by atoms with Gasteiger partial charge in [-0.15, -0.1) is 0 Å². The van der Waals surface area contributed by atoms with E-state index in [0.717, 1.165) is 4.47 Å². The molecule has 1 amide bonds. The van der Waals surface area contributed by atoms with Gasteiger partial charge in [-0.3, -0.25) is 4.79 Å². The number of carbonyl (C=O) groups is 1. The highest BCUT2D eigenvalue weighted by atomic mass is 79.9. The van der Waals surface area contributed by atoms with Crippen molar-refractivity contribution < 1.29 is 9.90 Å². The number of pyridine rings is 1. The van der Waals surface area contributed by atoms with Crippen LogP contribution in [-0.2, 0) is 0 Å². The molecular weight excluding hydrogens is 260 g/mol. The molecule has 1 aromatic rings. The van der Waals surface area contributed by atoms with Crippen molar-refractivity contribution in [2.75, 3.05) is 6.61 Å². The highest BCUT2D eigenvalue weighted by Crippen LogP contribution is 2.07. The fourth-order valence-electron chi connectivity index (χ4n) is 1.07. The van der Waals surface area contributed by atoms with E-state index >= 15 is 0 Å². The first-order valence-corrected chi connectivity index (χ1v) is 5.46. The summed E-state index contributed by atoms with van der Waals surface area (Å²) in [6.45, 7) is 1.90. The molecule has 1 aromatic heterocycles. The molecule has 0 saturated carbocycles. The molecule has 0 radical (unpaired) electrons. The average Bonchev–Trinajstić information content (AvgIpc) is 2.18. The molecule has 0 spiro atoms. The summed E-state index contributed by atoms with van der Waals surface area (Å²) in [7, 11) is 0. The number of hydrogen-bond acceptors (Lipinski definition) is 3. The fraction of sp³-hybridized carbons (Fsp3) is 0.400. The number of rotatable bonds is 4. The second-order valence-corrected chi connectivity index (χ2v) is 4.16. The Morgan fingerprint density at radius 1 is 1.67 bits per heavy atom. The summed E-state index contributed by atoms with van der Waals surface area (Å²) in [5.74, 6) is -0.219. The van der Waals surface area contributed by atoms with Crippen LogP contribution < -0.4 is 5.32 Å². The Labute approximate surface area is 96.8 Å². The molecule has 2 N–H and O–H groups in total. The molecular formula is C10H13BrN2O2. The molecule has 4 nitrogen and oxygen atoms in total. The lowest BCUT2D eigenvalue weighted by Crippen LogP contribution is -2.33. The first-order chi connectivity index (χ1) is 7.13. The SMILES string of the molecule is CC(CCO)NC(=O)c1ccc(Br)cn1. The van der Waals surface area contributed by atoms with E-state index < -0.39 is 0 Å². The number of aliphatic hydroxyl groups excluding tert-OH is 1. The van der Waals surface area contributed by atoms with Crippen molar-refractivity contribution in [3.8, 4) is 0 Å². The normalized spacial score (nSPS) is 12.2. The van der Waals surface area contributed by atoms with E-state index in [0.29, 0.717) is 12.1 Å². The van der Waals surface area contributed by atoms with Gasteiger partial charge in [-0.25, -0.2) is 4.98 Å². The Kier molecular flexibility index (Phi) is 4.71. The van der Waals surface area contributed by atoms with Gasteiger partial charge in [-0.05, 0) is 41.4 Å². The predicted molar refractivity (Wildman–Crippen MR) is 60.6 cm³/mol. The molecule has 1 atom stereocenters. The zero-order valence-electron chi connectivity index (χ0n) is 8.40. The highest BCUT2D eigenvalue weighted by molar-refractivity contribution is 9.10. The fourth-order valence-corrected chi connectivity index (χ4v) is 1.31. The number of carbonyl (C=O) groups excluding carboxylic acids is 1. The lowest BCUT2D eigenvalue weighted by atomic mass is 10.2. The molecule has 1 rings (SSSR count). The summed E-state index contributed by atoms with van der Waals surface area (Å²) in [5, 5.41) is 11.4. The monoisotopic (exact) mass is 272 g/mol. The highest BCUT2D eigenvalue weighted by Gasteiger charge is 2.09. The van der Waals surface area contributed by atoms with Crippen LogP contribution in [-0.4, -0.2) is 28.6 Å². The standard InChI is InChI=1S/C10H13BrN2O2/c1-7(4-5-14)13-10(15)9-3-2-8(11)6-12-9/h2-3,6-7,14H,4-5H2,1H3,(H,13,15). The molecule has 0 aromatic carbocycles. The molecule has 0 saturated heterocycles. The molecule has 0 fully saturated rings. The van der Waals surface area contributed by atoms with E-state index in [1.807, 2.05) is 6.92 Å². The molecule has 1 unspecified atom stereocenters. The van der Waals surface area contributed by atoms with E-state index in [2.05, 4.69) is 26.2 Å². The van der Waals surface area contributed by atoms with Crippen molar-refractivity contribution in [2.45, 2.75) is 19.4 Å². The minimum absolute atomic E-state index is 0.0482. The van der Waals surface area contributed by atoms with Crippen LogP contribution in [0.5, 0.6) is 0 Å². The maximum atomic E-state index is 11.6. The van der Waals surface area contributed by atoms with Gasteiger partial charge in [-0.1, -0.05) is 0 Å². The summed E-state index contributed by atoms with van der Waals surface area (Å²) in [4.78, 5) is 15.5. The number of aliphatic hydroxyl groups is 1. The number of nitrogens with zero attached hydrogens (tertiary/aromatic N) is 1. The van der Waals surface area contributed by atoms with E-state index in [1.165, 1.54) is 0 Å². The molecule has 15 heavy (non-hydrogen) atoms. The van der Waals surface area contributed by atoms with E-state index in [9.17, 15) is 4.79 Å². The van der Waals surface area contributed by atoms with Gasteiger partial charge >= 0.3 is 0 Å². The molecule has 82 valence electrons. The molecule has 1 heterocycles. The van der Waals surface area contributed by atoms with Gasteiger partial charge in [-0.2, -0.15) is 0 Å². The summed E-state index contributed by atoms with van der Waals surface area (Å²) in [6.07, 6.45) is 2.12. The molecule has 0 aliphatic carbocycles. The third-order valence-corrected chi connectivity index (χ3v) is 2.37. The summed E-state index contributed by atoms with van der Waals surface area (Å²) in [5.41, 5.74) is 0.378. The van der Waals surface area contributed by atoms with Gasteiger partial charge < -0.3 is 10.4 Å². The van der Waals surface area contributed by atoms with Crippen molar-refractivity contribution >= 4 is 21.8 Å². The molecule has 0 bridgehead atoms. The summed E-state index contributed by atoms with van der Waals surface area (Å²) >= 11 is 3.24. The third kappa shape index (κ3) is 3.97. The summed E-state index contributed by atoms with van der Waals surface area (Å²) < 4.78 is 0.836. The Bertz CT molecular complexity index is 327. The van der Waals surface area contributed by atoms with Crippen LogP contribution in [0.4, 0.5) is 0 Å². The van der Waals surface area contributed by atoms with Crippen LogP contribution in [0.25, 0.3) is 0 Å². The first-order valence-electron chi connectivity index (χ1n) is 4.66.